The molecule has 0 aliphatic heterocycles. The topological polar surface area (TPSA) is 60.4 Å². The van der Waals surface area contributed by atoms with E-state index in [0.29, 0.717) is 0 Å². The summed E-state index contributed by atoms with van der Waals surface area (Å²) < 4.78 is 26.2. The summed E-state index contributed by atoms with van der Waals surface area (Å²) in [5.74, 6) is 0.229. The summed E-state index contributed by atoms with van der Waals surface area (Å²) in [7, 11) is -3.50. The van der Waals surface area contributed by atoms with Crippen LogP contribution >= 0.6 is 15.9 Å². The molecule has 82 valence electrons. The van der Waals surface area contributed by atoms with Crippen molar-refractivity contribution in [3.05, 3.63) is 29.8 Å². The molecule has 0 heterocycles. The number of hydrogen-bond acceptors (Lipinski definition) is 4. The van der Waals surface area contributed by atoms with Crippen LogP contribution in [0, 0.1) is 0 Å². The van der Waals surface area contributed by atoms with Crippen molar-refractivity contribution >= 4 is 32.3 Å². The number of carbonyl (C=O) groups excluding carboxylic acids is 1. The van der Waals surface area contributed by atoms with Crippen molar-refractivity contribution in [3.8, 4) is 5.75 Å². The fourth-order valence-electron chi connectivity index (χ4n) is 0.961. The summed E-state index contributed by atoms with van der Waals surface area (Å²) in [6.45, 7) is 0. The lowest BCUT2D eigenvalue weighted by Crippen LogP contribution is -2.05. The van der Waals surface area contributed by atoms with Gasteiger partial charge in [0.25, 0.3) is 0 Å². The monoisotopic (exact) mass is 292 g/mol. The lowest BCUT2D eigenvalue weighted by atomic mass is 10.2. The molecule has 15 heavy (non-hydrogen) atoms. The molecular formula is C9H9BrO4S. The number of aldehydes is 1. The molecule has 0 amide bonds. The quantitative estimate of drug-likeness (QED) is 0.481. The van der Waals surface area contributed by atoms with Gasteiger partial charge in [-0.25, -0.2) is 0 Å². The Morgan fingerprint density at radius 2 is 1.87 bits per heavy atom. The second kappa shape index (κ2) is 4.76. The molecule has 0 aromatic heterocycles. The summed E-state index contributed by atoms with van der Waals surface area (Å²) in [4.78, 5) is 10.1. The van der Waals surface area contributed by atoms with Gasteiger partial charge >= 0.3 is 10.1 Å². The fourth-order valence-corrected chi connectivity index (χ4v) is 1.73. The van der Waals surface area contributed by atoms with E-state index in [1.54, 1.807) is 12.1 Å². The van der Waals surface area contributed by atoms with Gasteiger partial charge in [0, 0.05) is 0 Å². The summed E-state index contributed by atoms with van der Waals surface area (Å²) in [5.41, 5.74) is 0.742. The van der Waals surface area contributed by atoms with Crippen LogP contribution in [0.3, 0.4) is 0 Å². The summed E-state index contributed by atoms with van der Waals surface area (Å²) in [6.07, 6.45) is 1.71. The standard InChI is InChI=1S/C9H9BrO4S/c1-15(12,13)14-8-4-2-7(3-5-8)9(10)6-11/h2-6,9H,1H3. The van der Waals surface area contributed by atoms with Crippen molar-refractivity contribution in [2.45, 2.75) is 4.83 Å². The van der Waals surface area contributed by atoms with Gasteiger partial charge in [0.05, 0.1) is 11.1 Å². The van der Waals surface area contributed by atoms with E-state index >= 15 is 0 Å². The van der Waals surface area contributed by atoms with Gasteiger partial charge in [0.2, 0.25) is 0 Å². The Kier molecular flexibility index (Phi) is 3.87. The van der Waals surface area contributed by atoms with Gasteiger partial charge in [-0.15, -0.1) is 0 Å². The Balaban J connectivity index is 2.86. The highest BCUT2D eigenvalue weighted by Gasteiger charge is 2.07. The summed E-state index contributed by atoms with van der Waals surface area (Å²) in [6, 6.07) is 6.23. The zero-order chi connectivity index (χ0) is 11.5. The average Bonchev–Trinajstić information content (AvgIpc) is 2.15. The molecule has 1 aromatic rings. The maximum Gasteiger partial charge on any atom is 0.306 e. The lowest BCUT2D eigenvalue weighted by molar-refractivity contribution is -0.107. The highest BCUT2D eigenvalue weighted by atomic mass is 79.9. The first-order valence-electron chi connectivity index (χ1n) is 4.01. The normalized spacial score (nSPS) is 13.2. The fraction of sp³-hybridized carbons (Fsp3) is 0.222. The van der Waals surface area contributed by atoms with Gasteiger partial charge in [-0.05, 0) is 17.7 Å². The van der Waals surface area contributed by atoms with Crippen LogP contribution in [0.1, 0.15) is 10.4 Å². The third-order valence-corrected chi connectivity index (χ3v) is 2.81. The van der Waals surface area contributed by atoms with Gasteiger partial charge in [-0.2, -0.15) is 8.42 Å². The van der Waals surface area contributed by atoms with E-state index in [1.807, 2.05) is 0 Å². The number of benzene rings is 1. The third kappa shape index (κ3) is 4.01. The van der Waals surface area contributed by atoms with Crippen molar-refractivity contribution in [3.63, 3.8) is 0 Å². The number of hydrogen-bond donors (Lipinski definition) is 0. The Labute approximate surface area is 96.5 Å². The van der Waals surface area contributed by atoms with Crippen LogP contribution in [0.15, 0.2) is 24.3 Å². The molecule has 1 unspecified atom stereocenters. The van der Waals surface area contributed by atoms with Crippen LogP contribution in [0.2, 0.25) is 0 Å². The minimum atomic E-state index is -3.50. The predicted octanol–water partition coefficient (Wildman–Crippen LogP) is 1.66. The molecule has 6 heteroatoms. The molecule has 1 rings (SSSR count). The second-order valence-corrected chi connectivity index (χ2v) is 5.46. The van der Waals surface area contributed by atoms with Crippen molar-refractivity contribution in [2.24, 2.45) is 0 Å². The Morgan fingerprint density at radius 1 is 1.33 bits per heavy atom. The molecule has 0 radical (unpaired) electrons. The van der Waals surface area contributed by atoms with Crippen molar-refractivity contribution in [2.75, 3.05) is 6.26 Å². The van der Waals surface area contributed by atoms with E-state index < -0.39 is 10.1 Å². The molecule has 0 spiro atoms. The van der Waals surface area contributed by atoms with E-state index in [0.717, 1.165) is 18.1 Å². The number of carbonyl (C=O) groups is 1. The molecule has 0 N–H and O–H groups in total. The van der Waals surface area contributed by atoms with Gasteiger partial charge in [-0.1, -0.05) is 28.1 Å². The number of alkyl halides is 1. The highest BCUT2D eigenvalue weighted by Crippen LogP contribution is 2.23. The molecule has 1 aromatic carbocycles. The van der Waals surface area contributed by atoms with Crippen LogP contribution < -0.4 is 4.18 Å². The van der Waals surface area contributed by atoms with Gasteiger partial charge in [0.15, 0.2) is 0 Å². The summed E-state index contributed by atoms with van der Waals surface area (Å²) in [5, 5.41) is 0. The van der Waals surface area contributed by atoms with E-state index in [9.17, 15) is 13.2 Å². The van der Waals surface area contributed by atoms with Gasteiger partial charge in [-0.3, -0.25) is 0 Å². The second-order valence-electron chi connectivity index (χ2n) is 2.89. The van der Waals surface area contributed by atoms with Crippen LogP contribution in [0.4, 0.5) is 0 Å². The minimum Gasteiger partial charge on any atom is -0.383 e. The molecule has 0 fully saturated rings. The van der Waals surface area contributed by atoms with Crippen molar-refractivity contribution in [1.82, 2.24) is 0 Å². The van der Waals surface area contributed by atoms with Crippen LogP contribution in [0.25, 0.3) is 0 Å². The SMILES string of the molecule is CS(=O)(=O)Oc1ccc(C(Br)C=O)cc1. The van der Waals surface area contributed by atoms with Crippen molar-refractivity contribution in [1.29, 1.82) is 0 Å². The third-order valence-electron chi connectivity index (χ3n) is 1.57. The maximum atomic E-state index is 10.8. The molecule has 0 bridgehead atoms. The molecular weight excluding hydrogens is 284 g/mol. The minimum absolute atomic E-state index is 0.229. The van der Waals surface area contributed by atoms with Crippen LogP contribution in [-0.2, 0) is 14.9 Å². The first-order chi connectivity index (χ1) is 6.92. The lowest BCUT2D eigenvalue weighted by Gasteiger charge is -2.05. The number of rotatable bonds is 4. The molecule has 1 atom stereocenters. The van der Waals surface area contributed by atoms with Gasteiger partial charge in [0.1, 0.15) is 12.0 Å². The summed E-state index contributed by atoms with van der Waals surface area (Å²) >= 11 is 3.14. The molecule has 0 aliphatic carbocycles. The zero-order valence-corrected chi connectivity index (χ0v) is 10.3. The first-order valence-corrected chi connectivity index (χ1v) is 6.74. The largest absolute Gasteiger partial charge is 0.383 e. The van der Waals surface area contributed by atoms with E-state index in [1.165, 1.54) is 12.1 Å². The van der Waals surface area contributed by atoms with Crippen LogP contribution in [0.5, 0.6) is 5.75 Å². The van der Waals surface area contributed by atoms with Crippen molar-refractivity contribution < 1.29 is 17.4 Å². The molecule has 0 aliphatic rings. The predicted molar refractivity (Wildman–Crippen MR) is 59.6 cm³/mol. The molecule has 0 saturated heterocycles. The average molecular weight is 293 g/mol. The Bertz CT molecular complexity index is 438. The Morgan fingerprint density at radius 3 is 2.27 bits per heavy atom. The number of halogens is 1. The maximum absolute atomic E-state index is 10.8. The zero-order valence-electron chi connectivity index (χ0n) is 7.88. The van der Waals surface area contributed by atoms with E-state index in [-0.39, 0.29) is 10.6 Å². The van der Waals surface area contributed by atoms with E-state index in [2.05, 4.69) is 20.1 Å². The van der Waals surface area contributed by atoms with Crippen LogP contribution in [-0.4, -0.2) is 21.0 Å². The first kappa shape index (κ1) is 12.2. The highest BCUT2D eigenvalue weighted by molar-refractivity contribution is 9.09. The smallest absolute Gasteiger partial charge is 0.306 e. The molecule has 4 nitrogen and oxygen atoms in total. The van der Waals surface area contributed by atoms with E-state index in [4.69, 9.17) is 0 Å². The Hall–Kier alpha value is -0.880. The van der Waals surface area contributed by atoms with Gasteiger partial charge < -0.3 is 8.98 Å². The molecule has 0 saturated carbocycles.